The number of nitrogens with one attached hydrogen (secondary N) is 1. The van der Waals surface area contributed by atoms with Crippen molar-refractivity contribution in [3.05, 3.63) is 95.6 Å². The molecule has 0 heterocycles. The Morgan fingerprint density at radius 1 is 0.968 bits per heavy atom. The van der Waals surface area contributed by atoms with Gasteiger partial charge in [0.2, 0.25) is 0 Å². The van der Waals surface area contributed by atoms with Crippen LogP contribution < -0.4 is 5.32 Å². The van der Waals surface area contributed by atoms with Crippen molar-refractivity contribution in [1.29, 1.82) is 0 Å². The van der Waals surface area contributed by atoms with Crippen LogP contribution in [0.2, 0.25) is 0 Å². The van der Waals surface area contributed by atoms with Crippen LogP contribution in [0.15, 0.2) is 83.8 Å². The van der Waals surface area contributed by atoms with Gasteiger partial charge in [0, 0.05) is 5.56 Å². The van der Waals surface area contributed by atoms with Gasteiger partial charge in [0.1, 0.15) is 0 Å². The van der Waals surface area contributed by atoms with Gasteiger partial charge in [-0.05, 0) is 60.1 Å². The zero-order valence-electron chi connectivity index (χ0n) is 17.7. The molecule has 0 bridgehead atoms. The van der Waals surface area contributed by atoms with Crippen LogP contribution in [0.1, 0.15) is 60.0 Å². The Bertz CT molecular complexity index is 963. The van der Waals surface area contributed by atoms with Crippen molar-refractivity contribution in [2.45, 2.75) is 43.4 Å². The molecule has 31 heavy (non-hydrogen) atoms. The molecule has 5 nitrogen and oxygen atoms in total. The number of rotatable bonds is 10. The summed E-state index contributed by atoms with van der Waals surface area (Å²) in [5.74, 6) is 0.682. The van der Waals surface area contributed by atoms with Crippen molar-refractivity contribution in [3.63, 3.8) is 0 Å². The van der Waals surface area contributed by atoms with Gasteiger partial charge in [-0.25, -0.2) is 5.26 Å². The van der Waals surface area contributed by atoms with Crippen LogP contribution in [0.4, 0.5) is 5.69 Å². The van der Waals surface area contributed by atoms with Crippen molar-refractivity contribution in [3.8, 4) is 0 Å². The van der Waals surface area contributed by atoms with E-state index in [9.17, 15) is 4.79 Å². The SMILES string of the molecule is CCC(CC(C)c1ccc(C(=O)Nc2ccccc2SOOO)cc1)c1ccccc1. The maximum atomic E-state index is 12.7. The number of amides is 1. The van der Waals surface area contributed by atoms with Crippen LogP contribution in [0, 0.1) is 0 Å². The fraction of sp³-hybridized carbons (Fsp3) is 0.240. The van der Waals surface area contributed by atoms with Gasteiger partial charge in [-0.15, -0.1) is 4.33 Å². The van der Waals surface area contributed by atoms with E-state index in [1.807, 2.05) is 30.3 Å². The highest BCUT2D eigenvalue weighted by atomic mass is 32.2. The highest BCUT2D eigenvalue weighted by Crippen LogP contribution is 2.32. The van der Waals surface area contributed by atoms with Gasteiger partial charge in [-0.3, -0.25) is 4.79 Å². The molecular weight excluding hydrogens is 410 g/mol. The van der Waals surface area contributed by atoms with E-state index in [4.69, 9.17) is 5.26 Å². The Morgan fingerprint density at radius 2 is 1.65 bits per heavy atom. The molecule has 2 atom stereocenters. The lowest BCUT2D eigenvalue weighted by Gasteiger charge is -2.21. The zero-order chi connectivity index (χ0) is 22.1. The third-order valence-electron chi connectivity index (χ3n) is 5.43. The van der Waals surface area contributed by atoms with E-state index in [2.05, 4.69) is 52.8 Å². The van der Waals surface area contributed by atoms with Gasteiger partial charge in [-0.2, -0.15) is 0 Å². The van der Waals surface area contributed by atoms with Crippen LogP contribution in [0.5, 0.6) is 0 Å². The van der Waals surface area contributed by atoms with E-state index >= 15 is 0 Å². The molecule has 0 aliphatic rings. The Balaban J connectivity index is 1.65. The maximum Gasteiger partial charge on any atom is 0.255 e. The Kier molecular flexibility index (Phi) is 8.67. The number of benzene rings is 3. The second-order valence-electron chi connectivity index (χ2n) is 7.45. The first kappa shape index (κ1) is 23.0. The molecule has 0 radical (unpaired) electrons. The van der Waals surface area contributed by atoms with Gasteiger partial charge in [0.05, 0.1) is 22.6 Å². The molecule has 0 spiro atoms. The lowest BCUT2D eigenvalue weighted by atomic mass is 9.84. The Labute approximate surface area is 187 Å². The number of carbonyl (C=O) groups excluding carboxylic acids is 1. The summed E-state index contributed by atoms with van der Waals surface area (Å²) in [6.07, 6.45) is 2.15. The van der Waals surface area contributed by atoms with Crippen molar-refractivity contribution in [2.24, 2.45) is 0 Å². The van der Waals surface area contributed by atoms with Crippen LogP contribution in [0.3, 0.4) is 0 Å². The number of anilines is 1. The first-order valence-corrected chi connectivity index (χ1v) is 11.1. The van der Waals surface area contributed by atoms with E-state index in [0.717, 1.165) is 24.9 Å². The molecule has 0 aliphatic heterocycles. The van der Waals surface area contributed by atoms with Crippen molar-refractivity contribution in [2.75, 3.05) is 5.32 Å². The average molecular weight is 438 g/mol. The molecule has 0 aromatic heterocycles. The largest absolute Gasteiger partial charge is 0.321 e. The quantitative estimate of drug-likeness (QED) is 0.202. The number of para-hydroxylation sites is 1. The molecule has 0 saturated carbocycles. The second-order valence-corrected chi connectivity index (χ2v) is 8.19. The second kappa shape index (κ2) is 11.7. The summed E-state index contributed by atoms with van der Waals surface area (Å²) in [6, 6.07) is 25.5. The monoisotopic (exact) mass is 437 g/mol. The summed E-state index contributed by atoms with van der Waals surface area (Å²) in [5.41, 5.74) is 3.74. The van der Waals surface area contributed by atoms with Gasteiger partial charge in [0.25, 0.3) is 5.91 Å². The molecule has 0 aliphatic carbocycles. The van der Waals surface area contributed by atoms with E-state index in [1.165, 1.54) is 11.1 Å². The molecule has 162 valence electrons. The van der Waals surface area contributed by atoms with Gasteiger partial charge < -0.3 is 5.32 Å². The predicted molar refractivity (Wildman–Crippen MR) is 124 cm³/mol. The van der Waals surface area contributed by atoms with Gasteiger partial charge in [0.15, 0.2) is 0 Å². The zero-order valence-corrected chi connectivity index (χ0v) is 18.5. The van der Waals surface area contributed by atoms with Gasteiger partial charge in [-0.1, -0.05) is 73.5 Å². The minimum absolute atomic E-state index is 0.215. The van der Waals surface area contributed by atoms with E-state index in [0.29, 0.717) is 28.0 Å². The van der Waals surface area contributed by atoms with Crippen LogP contribution in [-0.2, 0) is 9.37 Å². The third kappa shape index (κ3) is 6.42. The molecule has 6 heteroatoms. The van der Waals surface area contributed by atoms with Crippen LogP contribution in [0.25, 0.3) is 0 Å². The lowest BCUT2D eigenvalue weighted by molar-refractivity contribution is -0.432. The average Bonchev–Trinajstić information content (AvgIpc) is 2.82. The van der Waals surface area contributed by atoms with E-state index in [-0.39, 0.29) is 5.91 Å². The lowest BCUT2D eigenvalue weighted by Crippen LogP contribution is -2.12. The minimum Gasteiger partial charge on any atom is -0.321 e. The summed E-state index contributed by atoms with van der Waals surface area (Å²) >= 11 is 0.810. The van der Waals surface area contributed by atoms with Crippen LogP contribution >= 0.6 is 12.0 Å². The number of hydrogen-bond acceptors (Lipinski definition) is 5. The molecule has 2 N–H and O–H groups in total. The summed E-state index contributed by atoms with van der Waals surface area (Å²) in [4.78, 5) is 13.3. The summed E-state index contributed by atoms with van der Waals surface area (Å²) in [5, 5.41) is 14.9. The maximum absolute atomic E-state index is 12.7. The van der Waals surface area contributed by atoms with Crippen molar-refractivity contribution in [1.82, 2.24) is 0 Å². The third-order valence-corrected chi connectivity index (χ3v) is 6.10. The standard InChI is InChI=1S/C25H27NO4S/c1-3-19(21-9-5-4-6-10-21)17-18(2)20-13-15-22(16-14-20)25(27)26-23-11-7-8-12-24(23)31-30-29-28/h4-16,18-19,28H,3,17H2,1-2H3,(H,26,27). The first-order valence-electron chi connectivity index (χ1n) is 10.3. The fourth-order valence-electron chi connectivity index (χ4n) is 3.68. The first-order chi connectivity index (χ1) is 15.1. The van der Waals surface area contributed by atoms with Crippen molar-refractivity contribution >= 4 is 23.6 Å². The molecule has 0 fully saturated rings. The Hall–Kier alpha value is -2.64. The van der Waals surface area contributed by atoms with Crippen molar-refractivity contribution < 1.29 is 19.4 Å². The molecule has 3 aromatic carbocycles. The highest BCUT2D eigenvalue weighted by molar-refractivity contribution is 7.94. The van der Waals surface area contributed by atoms with E-state index < -0.39 is 0 Å². The number of carbonyl (C=O) groups is 1. The fourth-order valence-corrected chi connectivity index (χ4v) is 4.13. The molecule has 3 aromatic rings. The Morgan fingerprint density at radius 3 is 2.32 bits per heavy atom. The van der Waals surface area contributed by atoms with E-state index in [1.54, 1.807) is 24.3 Å². The highest BCUT2D eigenvalue weighted by Gasteiger charge is 2.16. The molecule has 2 unspecified atom stereocenters. The smallest absolute Gasteiger partial charge is 0.255 e. The minimum atomic E-state index is -0.215. The predicted octanol–water partition coefficient (Wildman–Crippen LogP) is 7.05. The summed E-state index contributed by atoms with van der Waals surface area (Å²) < 4.78 is 4.48. The normalized spacial score (nSPS) is 12.9. The molecule has 1 amide bonds. The van der Waals surface area contributed by atoms with Crippen LogP contribution in [-0.4, -0.2) is 11.2 Å². The number of hydrogen-bond donors (Lipinski definition) is 2. The summed E-state index contributed by atoms with van der Waals surface area (Å²) in [7, 11) is 0. The molecule has 0 saturated heterocycles. The molecule has 3 rings (SSSR count). The van der Waals surface area contributed by atoms with Gasteiger partial charge >= 0.3 is 0 Å². The summed E-state index contributed by atoms with van der Waals surface area (Å²) in [6.45, 7) is 4.46. The topological polar surface area (TPSA) is 67.8 Å². The molecular formula is C25H27NO4S.